The fourth-order valence-electron chi connectivity index (χ4n) is 3.53. The maximum Gasteiger partial charge on any atom is 0.323 e. The zero-order valence-electron chi connectivity index (χ0n) is 15.3. The van der Waals surface area contributed by atoms with Gasteiger partial charge in [-0.3, -0.25) is 24.5 Å². The topological polar surface area (TPSA) is 119 Å². The Bertz CT molecular complexity index is 1050. The average Bonchev–Trinajstić information content (AvgIpc) is 3.29. The van der Waals surface area contributed by atoms with Crippen molar-refractivity contribution in [1.29, 1.82) is 0 Å². The van der Waals surface area contributed by atoms with E-state index in [4.69, 9.17) is 5.11 Å². The lowest BCUT2D eigenvalue weighted by molar-refractivity contribution is -0.137. The van der Waals surface area contributed by atoms with Gasteiger partial charge in [-0.05, 0) is 17.4 Å². The lowest BCUT2D eigenvalue weighted by atomic mass is 10.0. The van der Waals surface area contributed by atoms with Crippen LogP contribution in [0.3, 0.4) is 0 Å². The van der Waals surface area contributed by atoms with Gasteiger partial charge < -0.3 is 14.9 Å². The molecule has 2 amide bonds. The number of benzene rings is 1. The molecule has 0 radical (unpaired) electrons. The number of rotatable bonds is 4. The molecule has 28 heavy (non-hydrogen) atoms. The Morgan fingerprint density at radius 2 is 2.11 bits per heavy atom. The van der Waals surface area contributed by atoms with Crippen molar-refractivity contribution in [2.24, 2.45) is 4.99 Å². The first-order valence-electron chi connectivity index (χ1n) is 8.91. The number of nitrogens with one attached hydrogen (secondary N) is 1. The molecule has 0 saturated heterocycles. The van der Waals surface area contributed by atoms with E-state index in [1.807, 2.05) is 30.3 Å². The second-order valence-corrected chi connectivity index (χ2v) is 6.89. The standard InChI is InChI=1S/C19H19N5O4/c1-23(10-16(25)26)19(28)17-12-9-24(7-6-14(12)21-22-17)18(27)15-8-11-4-2-3-5-13(11)20-15/h2-5,8,15H,6-7,9-10H2,1H3,(H,21,22)(H,25,26). The van der Waals surface area contributed by atoms with Crippen LogP contribution in [-0.4, -0.2) is 69.1 Å². The summed E-state index contributed by atoms with van der Waals surface area (Å²) in [4.78, 5) is 43.6. The first kappa shape index (κ1) is 17.9. The van der Waals surface area contributed by atoms with Crippen molar-refractivity contribution in [1.82, 2.24) is 20.0 Å². The summed E-state index contributed by atoms with van der Waals surface area (Å²) in [5.74, 6) is -1.71. The Labute approximate surface area is 160 Å². The zero-order chi connectivity index (χ0) is 19.8. The molecule has 3 heterocycles. The molecule has 0 spiro atoms. The molecule has 1 aromatic carbocycles. The van der Waals surface area contributed by atoms with Crippen molar-refractivity contribution in [3.63, 3.8) is 0 Å². The number of H-pyrrole nitrogens is 1. The molecule has 2 aliphatic rings. The fourth-order valence-corrected chi connectivity index (χ4v) is 3.53. The molecule has 1 unspecified atom stereocenters. The third-order valence-corrected chi connectivity index (χ3v) is 4.97. The van der Waals surface area contributed by atoms with Gasteiger partial charge in [-0.2, -0.15) is 5.10 Å². The highest BCUT2D eigenvalue weighted by molar-refractivity contribution is 5.96. The largest absolute Gasteiger partial charge is 0.480 e. The van der Waals surface area contributed by atoms with Crippen LogP contribution in [0.2, 0.25) is 0 Å². The van der Waals surface area contributed by atoms with Gasteiger partial charge in [-0.25, -0.2) is 0 Å². The molecule has 0 bridgehead atoms. The summed E-state index contributed by atoms with van der Waals surface area (Å²) in [7, 11) is 1.41. The van der Waals surface area contributed by atoms with Gasteiger partial charge in [0.25, 0.3) is 11.8 Å². The van der Waals surface area contributed by atoms with Crippen molar-refractivity contribution in [3.8, 4) is 0 Å². The fraction of sp³-hybridized carbons (Fsp3) is 0.316. The SMILES string of the molecule is CN(CC(=O)O)C(=O)c1n[nH]c2c1CN(C(=O)C1C=c3ccccc3=N1)CC2. The molecule has 1 atom stereocenters. The van der Waals surface area contributed by atoms with Crippen molar-refractivity contribution in [3.05, 3.63) is 51.8 Å². The number of carbonyl (C=O) groups is 3. The van der Waals surface area contributed by atoms with Crippen molar-refractivity contribution in [2.75, 3.05) is 20.1 Å². The Kier molecular flexibility index (Phi) is 4.42. The third-order valence-electron chi connectivity index (χ3n) is 4.97. The summed E-state index contributed by atoms with van der Waals surface area (Å²) in [6, 6.07) is 7.01. The van der Waals surface area contributed by atoms with E-state index >= 15 is 0 Å². The van der Waals surface area contributed by atoms with Crippen molar-refractivity contribution >= 4 is 23.9 Å². The first-order valence-corrected chi connectivity index (χ1v) is 8.91. The number of aromatic nitrogens is 2. The van der Waals surface area contributed by atoms with Gasteiger partial charge in [0.15, 0.2) is 5.69 Å². The average molecular weight is 381 g/mol. The Balaban J connectivity index is 1.54. The number of hydrogen-bond acceptors (Lipinski definition) is 5. The Morgan fingerprint density at radius 1 is 1.32 bits per heavy atom. The number of aromatic amines is 1. The van der Waals surface area contributed by atoms with E-state index in [0.717, 1.165) is 21.2 Å². The highest BCUT2D eigenvalue weighted by atomic mass is 16.4. The maximum atomic E-state index is 13.0. The van der Waals surface area contributed by atoms with Crippen LogP contribution in [0.4, 0.5) is 0 Å². The highest BCUT2D eigenvalue weighted by Crippen LogP contribution is 2.22. The number of para-hydroxylation sites is 1. The van der Waals surface area contributed by atoms with E-state index in [-0.39, 0.29) is 18.1 Å². The molecule has 144 valence electrons. The van der Waals surface area contributed by atoms with Gasteiger partial charge >= 0.3 is 5.97 Å². The summed E-state index contributed by atoms with van der Waals surface area (Å²) < 4.78 is 0. The minimum absolute atomic E-state index is 0.125. The van der Waals surface area contributed by atoms with Crippen LogP contribution in [0.5, 0.6) is 0 Å². The summed E-state index contributed by atoms with van der Waals surface area (Å²) in [6.07, 6.45) is 2.39. The Hall–Kier alpha value is -3.49. The van der Waals surface area contributed by atoms with Gasteiger partial charge in [-0.1, -0.05) is 18.2 Å². The molecular formula is C19H19N5O4. The zero-order valence-corrected chi connectivity index (χ0v) is 15.3. The monoisotopic (exact) mass is 381 g/mol. The number of carboxylic acid groups (broad SMARTS) is 1. The van der Waals surface area contributed by atoms with Crippen molar-refractivity contribution < 1.29 is 19.5 Å². The van der Waals surface area contributed by atoms with Crippen LogP contribution in [-0.2, 0) is 22.6 Å². The van der Waals surface area contributed by atoms with Gasteiger partial charge in [0.1, 0.15) is 12.6 Å². The molecule has 0 saturated carbocycles. The third kappa shape index (κ3) is 3.15. The molecule has 1 aromatic heterocycles. The number of fused-ring (bicyclic) bond motifs is 2. The minimum atomic E-state index is -1.10. The van der Waals surface area contributed by atoms with E-state index in [0.29, 0.717) is 18.5 Å². The number of nitrogens with zero attached hydrogens (tertiary/aromatic N) is 4. The lowest BCUT2D eigenvalue weighted by Gasteiger charge is -2.28. The molecule has 2 aromatic rings. The van der Waals surface area contributed by atoms with E-state index < -0.39 is 24.5 Å². The lowest BCUT2D eigenvalue weighted by Crippen LogP contribution is -2.41. The van der Waals surface area contributed by atoms with Crippen LogP contribution < -0.4 is 10.6 Å². The Morgan fingerprint density at radius 3 is 2.86 bits per heavy atom. The normalized spacial score (nSPS) is 17.2. The van der Waals surface area contributed by atoms with E-state index in [1.54, 1.807) is 4.90 Å². The second-order valence-electron chi connectivity index (χ2n) is 6.89. The molecule has 4 rings (SSSR count). The molecule has 0 aliphatic carbocycles. The summed E-state index contributed by atoms with van der Waals surface area (Å²) in [5, 5.41) is 17.5. The number of likely N-dealkylation sites (N-methyl/N-ethyl adjacent to an activating group) is 1. The van der Waals surface area contributed by atoms with Crippen LogP contribution in [0.25, 0.3) is 6.08 Å². The molecule has 2 N–H and O–H groups in total. The first-order chi connectivity index (χ1) is 13.4. The van der Waals surface area contributed by atoms with Crippen LogP contribution in [0.15, 0.2) is 29.3 Å². The van der Waals surface area contributed by atoms with E-state index in [9.17, 15) is 14.4 Å². The number of carboxylic acids is 1. The molecule has 0 fully saturated rings. The highest BCUT2D eigenvalue weighted by Gasteiger charge is 2.32. The number of carbonyl (C=O) groups excluding carboxylic acids is 2. The van der Waals surface area contributed by atoms with Crippen LogP contribution >= 0.6 is 0 Å². The number of hydrogen-bond donors (Lipinski definition) is 2. The number of amides is 2. The number of aliphatic carboxylic acids is 1. The predicted molar refractivity (Wildman–Crippen MR) is 97.8 cm³/mol. The quantitative estimate of drug-likeness (QED) is 0.699. The van der Waals surface area contributed by atoms with Gasteiger partial charge in [0.2, 0.25) is 0 Å². The smallest absolute Gasteiger partial charge is 0.323 e. The predicted octanol–water partition coefficient (Wildman–Crippen LogP) is -1.07. The summed E-state index contributed by atoms with van der Waals surface area (Å²) in [5.41, 5.74) is 1.59. The summed E-state index contributed by atoms with van der Waals surface area (Å²) >= 11 is 0. The van der Waals surface area contributed by atoms with Gasteiger partial charge in [-0.15, -0.1) is 0 Å². The van der Waals surface area contributed by atoms with Crippen LogP contribution in [0.1, 0.15) is 21.7 Å². The molecule has 9 heteroatoms. The van der Waals surface area contributed by atoms with Crippen LogP contribution in [0, 0.1) is 0 Å². The maximum absolute atomic E-state index is 13.0. The molecule has 9 nitrogen and oxygen atoms in total. The molecular weight excluding hydrogens is 362 g/mol. The van der Waals surface area contributed by atoms with Gasteiger partial charge in [0.05, 0.1) is 5.36 Å². The van der Waals surface area contributed by atoms with E-state index in [2.05, 4.69) is 15.2 Å². The van der Waals surface area contributed by atoms with Gasteiger partial charge in [0, 0.05) is 37.8 Å². The van der Waals surface area contributed by atoms with Crippen molar-refractivity contribution in [2.45, 2.75) is 19.0 Å². The second kappa shape index (κ2) is 6.91. The van der Waals surface area contributed by atoms with E-state index in [1.165, 1.54) is 7.05 Å². The summed E-state index contributed by atoms with van der Waals surface area (Å²) in [6.45, 7) is 0.322. The minimum Gasteiger partial charge on any atom is -0.480 e. The molecule has 2 aliphatic heterocycles.